The van der Waals surface area contributed by atoms with Crippen LogP contribution in [0, 0.1) is 0 Å². The van der Waals surface area contributed by atoms with Crippen LogP contribution in [0.4, 0.5) is 0 Å². The van der Waals surface area contributed by atoms with Crippen molar-refractivity contribution in [2.45, 2.75) is 26.2 Å². The monoisotopic (exact) mass is 155 g/mol. The van der Waals surface area contributed by atoms with E-state index in [1.807, 2.05) is 0 Å². The molecule has 4 heteroatoms. The molecule has 0 radical (unpaired) electrons. The molecule has 0 atom stereocenters. The summed E-state index contributed by atoms with van der Waals surface area (Å²) in [7, 11) is 0. The fourth-order valence-electron chi connectivity index (χ4n) is 0.685. The van der Waals surface area contributed by atoms with Gasteiger partial charge in [0.15, 0.2) is 0 Å². The van der Waals surface area contributed by atoms with Gasteiger partial charge in [0.2, 0.25) is 0 Å². The third-order valence-corrected chi connectivity index (χ3v) is 1.25. The SMILES string of the molecule is CCCCCNC(=O)C=[N+]=[N-]. The predicted molar refractivity (Wildman–Crippen MR) is 42.2 cm³/mol. The number of hydrogen-bond donors (Lipinski definition) is 1. The molecule has 62 valence electrons. The van der Waals surface area contributed by atoms with Gasteiger partial charge in [-0.1, -0.05) is 19.8 Å². The van der Waals surface area contributed by atoms with Crippen LogP contribution in [0.5, 0.6) is 0 Å². The minimum Gasteiger partial charge on any atom is -0.361 e. The molecule has 0 aromatic carbocycles. The number of rotatable bonds is 5. The van der Waals surface area contributed by atoms with E-state index < -0.39 is 0 Å². The normalized spacial score (nSPS) is 8.45. The maximum Gasteiger partial charge on any atom is 0.344 e. The lowest BCUT2D eigenvalue weighted by molar-refractivity contribution is -0.117. The lowest BCUT2D eigenvalue weighted by Gasteiger charge is -1.96. The Bertz CT molecular complexity index is 161. The number of nitrogens with zero attached hydrogens (tertiary/aromatic N) is 2. The fraction of sp³-hybridized carbons (Fsp3) is 0.714. The number of amides is 1. The van der Waals surface area contributed by atoms with E-state index in [1.54, 1.807) is 0 Å². The van der Waals surface area contributed by atoms with Crippen LogP contribution in [-0.4, -0.2) is 23.5 Å². The second-order valence-corrected chi connectivity index (χ2v) is 2.24. The highest BCUT2D eigenvalue weighted by atomic mass is 16.1. The molecule has 0 aliphatic rings. The Hall–Kier alpha value is -1.15. The van der Waals surface area contributed by atoms with Crippen molar-refractivity contribution in [2.24, 2.45) is 0 Å². The van der Waals surface area contributed by atoms with Crippen molar-refractivity contribution >= 4 is 12.1 Å². The molecule has 0 spiro atoms. The molecule has 0 heterocycles. The Balaban J connectivity index is 3.24. The minimum absolute atomic E-state index is 0.344. The zero-order valence-electron chi connectivity index (χ0n) is 6.71. The summed E-state index contributed by atoms with van der Waals surface area (Å²) in [5.41, 5.74) is 7.95. The van der Waals surface area contributed by atoms with Gasteiger partial charge in [-0.3, -0.25) is 4.79 Å². The number of hydrogen-bond acceptors (Lipinski definition) is 1. The van der Waals surface area contributed by atoms with E-state index in [9.17, 15) is 4.79 Å². The smallest absolute Gasteiger partial charge is 0.344 e. The van der Waals surface area contributed by atoms with E-state index in [-0.39, 0.29) is 5.91 Å². The largest absolute Gasteiger partial charge is 0.361 e. The average Bonchev–Trinajstić information content (AvgIpc) is 1.99. The Morgan fingerprint density at radius 1 is 1.64 bits per heavy atom. The van der Waals surface area contributed by atoms with Gasteiger partial charge >= 0.3 is 12.1 Å². The molecule has 0 rings (SSSR count). The van der Waals surface area contributed by atoms with Crippen molar-refractivity contribution < 1.29 is 9.58 Å². The molecule has 0 bridgehead atoms. The first kappa shape index (κ1) is 9.85. The van der Waals surface area contributed by atoms with Crippen molar-refractivity contribution in [3.63, 3.8) is 0 Å². The Morgan fingerprint density at radius 3 is 2.91 bits per heavy atom. The van der Waals surface area contributed by atoms with Crippen LogP contribution in [0.1, 0.15) is 26.2 Å². The second-order valence-electron chi connectivity index (χ2n) is 2.24. The summed E-state index contributed by atoms with van der Waals surface area (Å²) in [4.78, 5) is 13.2. The lowest BCUT2D eigenvalue weighted by Crippen LogP contribution is -2.25. The molecule has 0 aromatic rings. The van der Waals surface area contributed by atoms with Gasteiger partial charge in [0.25, 0.3) is 0 Å². The van der Waals surface area contributed by atoms with E-state index in [1.165, 1.54) is 0 Å². The maximum atomic E-state index is 10.6. The molecule has 0 fully saturated rings. The first-order chi connectivity index (χ1) is 5.31. The zero-order valence-corrected chi connectivity index (χ0v) is 6.71. The van der Waals surface area contributed by atoms with E-state index in [0.717, 1.165) is 25.5 Å². The molecule has 0 aliphatic carbocycles. The summed E-state index contributed by atoms with van der Waals surface area (Å²) in [5, 5.41) is 2.57. The Morgan fingerprint density at radius 2 is 2.36 bits per heavy atom. The topological polar surface area (TPSA) is 65.5 Å². The fourth-order valence-corrected chi connectivity index (χ4v) is 0.685. The van der Waals surface area contributed by atoms with Crippen LogP contribution in [-0.2, 0) is 4.79 Å². The van der Waals surface area contributed by atoms with Crippen LogP contribution >= 0.6 is 0 Å². The predicted octanol–water partition coefficient (Wildman–Crippen LogP) is 0.593. The van der Waals surface area contributed by atoms with Gasteiger partial charge in [-0.2, -0.15) is 4.79 Å². The molecule has 0 saturated carbocycles. The minimum atomic E-state index is -0.344. The molecule has 11 heavy (non-hydrogen) atoms. The summed E-state index contributed by atoms with van der Waals surface area (Å²) in [5.74, 6) is -0.344. The Labute approximate surface area is 66.2 Å². The van der Waals surface area contributed by atoms with Crippen molar-refractivity contribution in [1.29, 1.82) is 0 Å². The number of carbonyl (C=O) groups excluding carboxylic acids is 1. The lowest BCUT2D eigenvalue weighted by atomic mass is 10.2. The molecule has 4 nitrogen and oxygen atoms in total. The molecule has 1 amide bonds. The third kappa shape index (κ3) is 6.74. The van der Waals surface area contributed by atoms with Crippen molar-refractivity contribution in [2.75, 3.05) is 6.54 Å². The first-order valence-electron chi connectivity index (χ1n) is 3.76. The molecular weight excluding hydrogens is 142 g/mol. The van der Waals surface area contributed by atoms with Crippen molar-refractivity contribution in [3.05, 3.63) is 5.53 Å². The standard InChI is InChI=1S/C7H13N3O/c1-2-3-4-5-9-7(11)6-10-8/h6H,2-5H2,1H3,(H,9,11). The molecule has 0 saturated heterocycles. The molecule has 0 aliphatic heterocycles. The summed E-state index contributed by atoms with van der Waals surface area (Å²) in [6.45, 7) is 2.75. The van der Waals surface area contributed by atoms with Crippen molar-refractivity contribution in [3.8, 4) is 0 Å². The summed E-state index contributed by atoms with van der Waals surface area (Å²) < 4.78 is 0. The summed E-state index contributed by atoms with van der Waals surface area (Å²) in [6, 6.07) is 0. The molecule has 0 unspecified atom stereocenters. The van der Waals surface area contributed by atoms with E-state index in [0.29, 0.717) is 6.54 Å². The van der Waals surface area contributed by atoms with E-state index >= 15 is 0 Å². The van der Waals surface area contributed by atoms with Crippen LogP contribution in [0.15, 0.2) is 0 Å². The highest BCUT2D eigenvalue weighted by Crippen LogP contribution is 1.90. The maximum absolute atomic E-state index is 10.6. The number of carbonyl (C=O) groups is 1. The molecule has 0 aromatic heterocycles. The van der Waals surface area contributed by atoms with Gasteiger partial charge in [-0.15, -0.1) is 0 Å². The first-order valence-corrected chi connectivity index (χ1v) is 3.76. The molecular formula is C7H13N3O. The third-order valence-electron chi connectivity index (χ3n) is 1.25. The van der Waals surface area contributed by atoms with Gasteiger partial charge in [-0.05, 0) is 6.42 Å². The van der Waals surface area contributed by atoms with Crippen LogP contribution in [0.25, 0.3) is 5.53 Å². The van der Waals surface area contributed by atoms with Crippen molar-refractivity contribution in [1.82, 2.24) is 5.32 Å². The highest BCUT2D eigenvalue weighted by molar-refractivity contribution is 6.23. The average molecular weight is 155 g/mol. The zero-order chi connectivity index (χ0) is 8.53. The quantitative estimate of drug-likeness (QED) is 0.268. The highest BCUT2D eigenvalue weighted by Gasteiger charge is 1.97. The van der Waals surface area contributed by atoms with E-state index in [2.05, 4.69) is 17.0 Å². The number of unbranched alkanes of at least 4 members (excludes halogenated alkanes) is 2. The van der Waals surface area contributed by atoms with Gasteiger partial charge in [0.1, 0.15) is 0 Å². The number of nitrogens with one attached hydrogen (secondary N) is 1. The van der Waals surface area contributed by atoms with Crippen LogP contribution < -0.4 is 5.32 Å². The Kier molecular flexibility index (Phi) is 6.24. The summed E-state index contributed by atoms with van der Waals surface area (Å²) >= 11 is 0. The van der Waals surface area contributed by atoms with Gasteiger partial charge < -0.3 is 10.8 Å². The van der Waals surface area contributed by atoms with Crippen LogP contribution in [0.3, 0.4) is 0 Å². The van der Waals surface area contributed by atoms with Crippen LogP contribution in [0.2, 0.25) is 0 Å². The summed E-state index contributed by atoms with van der Waals surface area (Å²) in [6.07, 6.45) is 4.06. The van der Waals surface area contributed by atoms with Gasteiger partial charge in [0.05, 0.1) is 0 Å². The second kappa shape index (κ2) is 6.96. The van der Waals surface area contributed by atoms with Gasteiger partial charge in [-0.25, -0.2) is 0 Å². The van der Waals surface area contributed by atoms with Gasteiger partial charge in [0, 0.05) is 6.54 Å². The molecule has 1 N–H and O–H groups in total. The van der Waals surface area contributed by atoms with E-state index in [4.69, 9.17) is 5.53 Å².